The molecule has 0 radical (unpaired) electrons. The molecule has 4 heterocycles. The van der Waals surface area contributed by atoms with Gasteiger partial charge in [-0.1, -0.05) is 66.7 Å². The molecular formula is C32H44FN5O. The fourth-order valence-corrected chi connectivity index (χ4v) is 5.52. The van der Waals surface area contributed by atoms with Crippen LogP contribution in [-0.4, -0.2) is 45.2 Å². The van der Waals surface area contributed by atoms with E-state index in [9.17, 15) is 5.11 Å². The van der Waals surface area contributed by atoms with Crippen LogP contribution in [0.15, 0.2) is 36.5 Å². The molecular weight excluding hydrogens is 489 g/mol. The SMILES string of the molecule is CC.CC.CC.CCc1cccc2cc(O)cc(-c3ncc4c(N5CC6CCC(C5)N6)nc(C)nc4c3F)c12. The van der Waals surface area contributed by atoms with Crippen LogP contribution in [0, 0.1) is 12.7 Å². The molecule has 0 saturated carbocycles. The molecule has 6 rings (SSSR count). The summed E-state index contributed by atoms with van der Waals surface area (Å²) in [5.74, 6) is 0.899. The third kappa shape index (κ3) is 5.98. The monoisotopic (exact) mass is 533 g/mol. The van der Waals surface area contributed by atoms with Crippen LogP contribution in [0.1, 0.15) is 72.7 Å². The van der Waals surface area contributed by atoms with E-state index in [1.165, 1.54) is 0 Å². The molecule has 2 N–H and O–H groups in total. The Bertz CT molecular complexity index is 1390. The zero-order valence-corrected chi connectivity index (χ0v) is 24.8. The van der Waals surface area contributed by atoms with Gasteiger partial charge in [-0.15, -0.1) is 0 Å². The maximum absolute atomic E-state index is 16.1. The first kappa shape index (κ1) is 30.2. The number of halogens is 1. The van der Waals surface area contributed by atoms with E-state index in [-0.39, 0.29) is 17.0 Å². The average molecular weight is 534 g/mol. The maximum Gasteiger partial charge on any atom is 0.175 e. The number of nitrogens with one attached hydrogen (secondary N) is 1. The lowest BCUT2D eigenvalue weighted by Crippen LogP contribution is -2.51. The second kappa shape index (κ2) is 13.7. The smallest absolute Gasteiger partial charge is 0.175 e. The van der Waals surface area contributed by atoms with Crippen molar-refractivity contribution in [3.05, 3.63) is 53.7 Å². The Morgan fingerprint density at radius 2 is 1.67 bits per heavy atom. The van der Waals surface area contributed by atoms with Gasteiger partial charge >= 0.3 is 0 Å². The van der Waals surface area contributed by atoms with Gasteiger partial charge in [0.25, 0.3) is 0 Å². The van der Waals surface area contributed by atoms with Crippen LogP contribution in [-0.2, 0) is 6.42 Å². The number of aryl methyl sites for hydroxylation is 2. The van der Waals surface area contributed by atoms with Crippen molar-refractivity contribution in [1.29, 1.82) is 0 Å². The third-order valence-corrected chi connectivity index (χ3v) is 6.98. The largest absolute Gasteiger partial charge is 0.508 e. The lowest BCUT2D eigenvalue weighted by Gasteiger charge is -2.34. The minimum absolute atomic E-state index is 0.0860. The highest BCUT2D eigenvalue weighted by Gasteiger charge is 2.34. The lowest BCUT2D eigenvalue weighted by molar-refractivity contribution is 0.464. The normalized spacial score (nSPS) is 17.5. The number of aromatic nitrogens is 3. The highest BCUT2D eigenvalue weighted by molar-refractivity contribution is 6.01. The van der Waals surface area contributed by atoms with Gasteiger partial charge in [0.15, 0.2) is 5.82 Å². The quantitative estimate of drug-likeness (QED) is 0.283. The number of phenolic OH excluding ortho intramolecular Hbond substituents is 1. The molecule has 2 bridgehead atoms. The number of hydrogen-bond acceptors (Lipinski definition) is 6. The number of phenols is 1. The van der Waals surface area contributed by atoms with E-state index in [0.29, 0.717) is 28.9 Å². The van der Waals surface area contributed by atoms with Crippen molar-refractivity contribution in [2.75, 3.05) is 18.0 Å². The van der Waals surface area contributed by atoms with E-state index < -0.39 is 5.82 Å². The molecule has 210 valence electrons. The van der Waals surface area contributed by atoms with Crippen molar-refractivity contribution in [2.24, 2.45) is 0 Å². The van der Waals surface area contributed by atoms with Gasteiger partial charge < -0.3 is 15.3 Å². The number of hydrogen-bond donors (Lipinski definition) is 2. The Morgan fingerprint density at radius 3 is 2.31 bits per heavy atom. The molecule has 0 spiro atoms. The summed E-state index contributed by atoms with van der Waals surface area (Å²) in [5, 5.41) is 16.4. The first-order valence-corrected chi connectivity index (χ1v) is 14.6. The summed E-state index contributed by atoms with van der Waals surface area (Å²) >= 11 is 0. The van der Waals surface area contributed by atoms with Crippen LogP contribution in [0.3, 0.4) is 0 Å². The van der Waals surface area contributed by atoms with Gasteiger partial charge in [-0.3, -0.25) is 4.98 Å². The summed E-state index contributed by atoms with van der Waals surface area (Å²) in [6.07, 6.45) is 4.80. The predicted octanol–water partition coefficient (Wildman–Crippen LogP) is 7.58. The van der Waals surface area contributed by atoms with Gasteiger partial charge in [-0.25, -0.2) is 14.4 Å². The van der Waals surface area contributed by atoms with Crippen LogP contribution in [0.4, 0.5) is 10.2 Å². The van der Waals surface area contributed by atoms with Crippen LogP contribution >= 0.6 is 0 Å². The third-order valence-electron chi connectivity index (χ3n) is 6.98. The van der Waals surface area contributed by atoms with Gasteiger partial charge in [0, 0.05) is 36.9 Å². The summed E-state index contributed by atoms with van der Waals surface area (Å²) < 4.78 is 16.1. The van der Waals surface area contributed by atoms with E-state index in [0.717, 1.165) is 54.5 Å². The second-order valence-electron chi connectivity index (χ2n) is 9.18. The molecule has 2 aromatic heterocycles. The van der Waals surface area contributed by atoms with E-state index in [1.54, 1.807) is 25.3 Å². The van der Waals surface area contributed by atoms with E-state index in [2.05, 4.69) is 27.1 Å². The molecule has 2 saturated heterocycles. The van der Waals surface area contributed by atoms with Crippen LogP contribution < -0.4 is 10.2 Å². The van der Waals surface area contributed by atoms with Gasteiger partial charge in [0.2, 0.25) is 0 Å². The summed E-state index contributed by atoms with van der Waals surface area (Å²) in [5.41, 5.74) is 2.15. The average Bonchev–Trinajstić information content (AvgIpc) is 3.32. The first-order valence-electron chi connectivity index (χ1n) is 14.6. The maximum atomic E-state index is 16.1. The van der Waals surface area contributed by atoms with E-state index in [1.807, 2.05) is 59.7 Å². The molecule has 7 heteroatoms. The molecule has 0 aliphatic carbocycles. The zero-order valence-electron chi connectivity index (χ0n) is 24.8. The Labute approximate surface area is 232 Å². The van der Waals surface area contributed by atoms with Gasteiger partial charge in [-0.05, 0) is 54.7 Å². The van der Waals surface area contributed by atoms with Gasteiger partial charge in [0.1, 0.15) is 28.6 Å². The van der Waals surface area contributed by atoms with Crippen molar-refractivity contribution in [3.8, 4) is 17.0 Å². The van der Waals surface area contributed by atoms with Crippen molar-refractivity contribution in [3.63, 3.8) is 0 Å². The number of aromatic hydroxyl groups is 1. The molecule has 2 aliphatic rings. The van der Waals surface area contributed by atoms with Crippen LogP contribution in [0.5, 0.6) is 5.75 Å². The molecule has 2 aliphatic heterocycles. The zero-order chi connectivity index (χ0) is 28.7. The topological polar surface area (TPSA) is 74.2 Å². The summed E-state index contributed by atoms with van der Waals surface area (Å²) in [6, 6.07) is 10.1. The number of nitrogens with zero attached hydrogens (tertiary/aromatic N) is 4. The Morgan fingerprint density at radius 1 is 1.00 bits per heavy atom. The Kier molecular flexibility index (Phi) is 10.6. The molecule has 4 aromatic rings. The summed E-state index contributed by atoms with van der Waals surface area (Å²) in [7, 11) is 0. The van der Waals surface area contributed by atoms with E-state index >= 15 is 4.39 Å². The molecule has 39 heavy (non-hydrogen) atoms. The molecule has 6 nitrogen and oxygen atoms in total. The highest BCUT2D eigenvalue weighted by atomic mass is 19.1. The van der Waals surface area contributed by atoms with Crippen LogP contribution in [0.2, 0.25) is 0 Å². The fraction of sp³-hybridized carbons (Fsp3) is 0.469. The number of benzene rings is 2. The summed E-state index contributed by atoms with van der Waals surface area (Å²) in [6.45, 7) is 17.6. The number of pyridine rings is 1. The van der Waals surface area contributed by atoms with Crippen LogP contribution in [0.25, 0.3) is 32.9 Å². The van der Waals surface area contributed by atoms with Crippen molar-refractivity contribution >= 4 is 27.5 Å². The molecule has 2 fully saturated rings. The summed E-state index contributed by atoms with van der Waals surface area (Å²) in [4.78, 5) is 16.0. The number of rotatable bonds is 3. The molecule has 0 amide bonds. The van der Waals surface area contributed by atoms with Gasteiger partial charge in [-0.2, -0.15) is 0 Å². The molecule has 2 aromatic carbocycles. The van der Waals surface area contributed by atoms with Crippen molar-refractivity contribution in [1.82, 2.24) is 20.3 Å². The molecule has 2 atom stereocenters. The predicted molar refractivity (Wildman–Crippen MR) is 162 cm³/mol. The number of piperazine rings is 1. The first-order chi connectivity index (χ1) is 19.0. The second-order valence-corrected chi connectivity index (χ2v) is 9.18. The molecule has 2 unspecified atom stereocenters. The van der Waals surface area contributed by atoms with Gasteiger partial charge in [0.05, 0.1) is 5.39 Å². The lowest BCUT2D eigenvalue weighted by atomic mass is 9.95. The minimum atomic E-state index is -0.477. The minimum Gasteiger partial charge on any atom is -0.508 e. The number of anilines is 1. The number of fused-ring (bicyclic) bond motifs is 4. The standard InChI is InChI=1S/C26H26FN5O.3C2H6/c1-3-15-5-4-6-16-9-19(33)10-20(22(15)16)24-23(27)25-21(11-28-24)26(30-14(2)29-25)32-12-17-7-8-18(13-32)31-17;3*1-2/h4-6,9-11,17-18,31,33H,3,7-8,12-13H2,1-2H3;3*1-2H3. The van der Waals surface area contributed by atoms with Crippen molar-refractivity contribution < 1.29 is 9.50 Å². The van der Waals surface area contributed by atoms with Crippen molar-refractivity contribution in [2.45, 2.75) is 86.7 Å². The Balaban J connectivity index is 0.000000657. The Hall–Kier alpha value is -3.32. The highest BCUT2D eigenvalue weighted by Crippen LogP contribution is 2.38. The fourth-order valence-electron chi connectivity index (χ4n) is 5.52. The van der Waals surface area contributed by atoms with E-state index in [4.69, 9.17) is 4.98 Å².